The summed E-state index contributed by atoms with van der Waals surface area (Å²) in [6.45, 7) is 5.98. The van der Waals surface area contributed by atoms with Crippen LogP contribution in [0.2, 0.25) is 5.15 Å². The molecular formula is C28H34ClF2N5O4S. The van der Waals surface area contributed by atoms with Crippen LogP contribution in [0.15, 0.2) is 47.0 Å². The van der Waals surface area contributed by atoms with Crippen LogP contribution in [-0.4, -0.2) is 45.3 Å². The van der Waals surface area contributed by atoms with Gasteiger partial charge in [-0.2, -0.15) is 0 Å². The molecule has 0 radical (unpaired) electrons. The smallest absolute Gasteiger partial charge is 0.442 e. The highest BCUT2D eigenvalue weighted by Gasteiger charge is 2.18. The van der Waals surface area contributed by atoms with E-state index in [1.807, 2.05) is 0 Å². The van der Waals surface area contributed by atoms with Crippen LogP contribution < -0.4 is 15.8 Å². The maximum absolute atomic E-state index is 14.3. The minimum Gasteiger partial charge on any atom is -0.493 e. The van der Waals surface area contributed by atoms with Gasteiger partial charge >= 0.3 is 6.09 Å². The highest BCUT2D eigenvalue weighted by atomic mass is 35.5. The molecule has 0 bridgehead atoms. The molecule has 1 atom stereocenters. The number of halogens is 3. The number of ether oxygens (including phenoxy) is 2. The van der Waals surface area contributed by atoms with Gasteiger partial charge in [0.1, 0.15) is 39.8 Å². The van der Waals surface area contributed by atoms with Crippen LogP contribution in [0.25, 0.3) is 11.1 Å². The van der Waals surface area contributed by atoms with Crippen molar-refractivity contribution in [1.82, 2.24) is 9.97 Å². The molecule has 41 heavy (non-hydrogen) atoms. The van der Waals surface area contributed by atoms with Crippen molar-refractivity contribution in [3.8, 4) is 16.9 Å². The summed E-state index contributed by atoms with van der Waals surface area (Å²) in [5.41, 5.74) is 6.13. The molecule has 0 aliphatic carbocycles. The normalized spacial score (nSPS) is 12.9. The summed E-state index contributed by atoms with van der Waals surface area (Å²) >= 11 is 6.15. The molecule has 2 aromatic heterocycles. The summed E-state index contributed by atoms with van der Waals surface area (Å²) in [6.07, 6.45) is 3.72. The molecule has 222 valence electrons. The second kappa shape index (κ2) is 13.9. The van der Waals surface area contributed by atoms with Crippen molar-refractivity contribution in [3.05, 3.63) is 64.9 Å². The summed E-state index contributed by atoms with van der Waals surface area (Å²) < 4.78 is 55.7. The molecule has 1 unspecified atom stereocenters. The van der Waals surface area contributed by atoms with E-state index < -0.39 is 33.1 Å². The van der Waals surface area contributed by atoms with Crippen LogP contribution >= 0.6 is 11.6 Å². The highest BCUT2D eigenvalue weighted by molar-refractivity contribution is 7.92. The van der Waals surface area contributed by atoms with Crippen LogP contribution in [0.3, 0.4) is 0 Å². The number of anilines is 2. The number of nitrogens with zero attached hydrogens (tertiary/aromatic N) is 3. The number of pyridine rings is 2. The number of hydrogen-bond acceptors (Lipinski definition) is 8. The third-order valence-electron chi connectivity index (χ3n) is 5.44. The number of nitrogens with one attached hydrogen (secondary N) is 1. The molecule has 9 nitrogen and oxygen atoms in total. The Kier molecular flexibility index (Phi) is 10.9. The number of rotatable bonds is 11. The average molecular weight is 610 g/mol. The molecule has 0 aliphatic rings. The fraction of sp³-hybridized carbons (Fsp3) is 0.393. The van der Waals surface area contributed by atoms with E-state index in [0.29, 0.717) is 36.5 Å². The maximum atomic E-state index is 14.3. The zero-order valence-electron chi connectivity index (χ0n) is 23.4. The number of carbonyl (C=O) groups is 1. The van der Waals surface area contributed by atoms with Crippen molar-refractivity contribution < 1.29 is 27.3 Å². The van der Waals surface area contributed by atoms with Gasteiger partial charge in [0.05, 0.1) is 28.3 Å². The zero-order valence-corrected chi connectivity index (χ0v) is 25.0. The second-order valence-corrected chi connectivity index (χ2v) is 13.2. The number of unbranched alkanes of at least 4 members (excludes halogenated alkanes) is 2. The molecule has 0 spiro atoms. The van der Waals surface area contributed by atoms with Crippen LogP contribution in [0.4, 0.5) is 25.2 Å². The van der Waals surface area contributed by atoms with Crippen molar-refractivity contribution in [2.75, 3.05) is 30.5 Å². The summed E-state index contributed by atoms with van der Waals surface area (Å²) in [5.74, 6) is -0.226. The zero-order chi connectivity index (χ0) is 30.2. The van der Waals surface area contributed by atoms with Crippen molar-refractivity contribution >= 4 is 39.1 Å². The Hall–Kier alpha value is -3.51. The second-order valence-electron chi connectivity index (χ2n) is 10.4. The number of aromatic nitrogens is 2. The van der Waals surface area contributed by atoms with Gasteiger partial charge < -0.3 is 20.5 Å². The summed E-state index contributed by atoms with van der Waals surface area (Å²) in [6, 6.07) is 8.55. The van der Waals surface area contributed by atoms with E-state index in [-0.39, 0.29) is 28.0 Å². The standard InChI is InChI=1S/C28H34ClF2N5O4S/c1-28(2,3)40-27(37)36-41(4,38)17-18-12-24(29)35-26(13-18)33-10-6-5-7-11-39-23-14-19(30)8-9-20(23)21-15-25(32)34-16-22(21)31/h8-9,12-16H,5-7,10-11,17H2,1-4H3,(H2,32,34)(H,33,35). The van der Waals surface area contributed by atoms with Gasteiger partial charge in [-0.1, -0.05) is 11.6 Å². The lowest BCUT2D eigenvalue weighted by Gasteiger charge is -2.17. The van der Waals surface area contributed by atoms with Gasteiger partial charge in [-0.3, -0.25) is 0 Å². The first kappa shape index (κ1) is 32.0. The molecule has 0 fully saturated rings. The fourth-order valence-electron chi connectivity index (χ4n) is 3.81. The van der Waals surface area contributed by atoms with E-state index in [4.69, 9.17) is 26.8 Å². The van der Waals surface area contributed by atoms with Crippen LogP contribution in [0, 0.1) is 11.6 Å². The quantitative estimate of drug-likeness (QED) is 0.178. The van der Waals surface area contributed by atoms with Crippen molar-refractivity contribution in [2.24, 2.45) is 4.36 Å². The average Bonchev–Trinajstić information content (AvgIpc) is 2.83. The Morgan fingerprint density at radius 1 is 1.12 bits per heavy atom. The van der Waals surface area contributed by atoms with Crippen LogP contribution in [0.1, 0.15) is 45.6 Å². The molecule has 2 heterocycles. The number of nitrogen functional groups attached to an aromatic ring is 1. The van der Waals surface area contributed by atoms with Crippen molar-refractivity contribution in [2.45, 2.75) is 51.4 Å². The van der Waals surface area contributed by atoms with E-state index >= 15 is 0 Å². The molecule has 0 saturated heterocycles. The van der Waals surface area contributed by atoms with Crippen LogP contribution in [0.5, 0.6) is 5.75 Å². The SMILES string of the molecule is CC(C)(C)OC(=O)N=S(C)(=O)Cc1cc(Cl)nc(NCCCCCOc2cc(F)ccc2-c2cc(N)ncc2F)c1. The summed E-state index contributed by atoms with van der Waals surface area (Å²) in [4.78, 5) is 19.9. The van der Waals surface area contributed by atoms with Gasteiger partial charge in [-0.15, -0.1) is 4.36 Å². The molecular weight excluding hydrogens is 576 g/mol. The minimum atomic E-state index is -2.91. The molecule has 0 saturated carbocycles. The van der Waals surface area contributed by atoms with Crippen LogP contribution in [-0.2, 0) is 20.2 Å². The van der Waals surface area contributed by atoms with E-state index in [1.165, 1.54) is 30.5 Å². The highest BCUT2D eigenvalue weighted by Crippen LogP contribution is 2.33. The van der Waals surface area contributed by atoms with Gasteiger partial charge in [-0.25, -0.2) is 27.8 Å². The number of benzene rings is 1. The van der Waals surface area contributed by atoms with Crippen molar-refractivity contribution in [1.29, 1.82) is 0 Å². The molecule has 3 aromatic rings. The Balaban J connectivity index is 1.50. The minimum absolute atomic E-state index is 0.00143. The maximum Gasteiger partial charge on any atom is 0.442 e. The first-order valence-corrected chi connectivity index (χ1v) is 15.3. The lowest BCUT2D eigenvalue weighted by Crippen LogP contribution is -2.22. The topological polar surface area (TPSA) is 129 Å². The Morgan fingerprint density at radius 2 is 1.88 bits per heavy atom. The largest absolute Gasteiger partial charge is 0.493 e. The van der Waals surface area contributed by atoms with Gasteiger partial charge in [-0.05, 0) is 75.9 Å². The number of carbonyl (C=O) groups excluding carboxylic acids is 1. The Labute approximate surface area is 244 Å². The molecule has 3 rings (SSSR count). The molecule has 13 heteroatoms. The molecule has 1 amide bonds. The summed E-state index contributed by atoms with van der Waals surface area (Å²) in [7, 11) is -2.91. The van der Waals surface area contributed by atoms with Gasteiger partial charge in [0, 0.05) is 30.0 Å². The predicted molar refractivity (Wildman–Crippen MR) is 158 cm³/mol. The van der Waals surface area contributed by atoms with E-state index in [0.717, 1.165) is 19.0 Å². The monoisotopic (exact) mass is 609 g/mol. The third-order valence-corrected chi connectivity index (χ3v) is 7.04. The number of nitrogens with two attached hydrogens (primary N) is 1. The molecule has 0 aliphatic heterocycles. The third kappa shape index (κ3) is 10.8. The lowest BCUT2D eigenvalue weighted by molar-refractivity contribution is 0.0607. The van der Waals surface area contributed by atoms with E-state index in [9.17, 15) is 17.8 Å². The van der Waals surface area contributed by atoms with Gasteiger partial charge in [0.2, 0.25) is 0 Å². The lowest BCUT2D eigenvalue weighted by atomic mass is 10.0. The molecule has 3 N–H and O–H groups in total. The Morgan fingerprint density at radius 3 is 2.61 bits per heavy atom. The van der Waals surface area contributed by atoms with Gasteiger partial charge in [0.25, 0.3) is 0 Å². The van der Waals surface area contributed by atoms with Crippen molar-refractivity contribution in [3.63, 3.8) is 0 Å². The predicted octanol–water partition coefficient (Wildman–Crippen LogP) is 6.85. The van der Waals surface area contributed by atoms with E-state index in [1.54, 1.807) is 32.9 Å². The first-order valence-electron chi connectivity index (χ1n) is 12.9. The molecule has 1 aromatic carbocycles. The Bertz CT molecular complexity index is 1510. The first-order chi connectivity index (χ1) is 19.2. The number of hydrogen-bond donors (Lipinski definition) is 2. The summed E-state index contributed by atoms with van der Waals surface area (Å²) in [5, 5.41) is 3.39. The fourth-order valence-corrected chi connectivity index (χ4v) is 5.24. The van der Waals surface area contributed by atoms with E-state index in [2.05, 4.69) is 19.6 Å². The number of amides is 1. The van der Waals surface area contributed by atoms with Gasteiger partial charge in [0.15, 0.2) is 0 Å².